The number of carbonyl (C=O) groups excluding carboxylic acids is 1. The Morgan fingerprint density at radius 1 is 1.16 bits per heavy atom. The maximum atomic E-state index is 12.5. The highest BCUT2D eigenvalue weighted by molar-refractivity contribution is 9.10. The van der Waals surface area contributed by atoms with Crippen LogP contribution in [0, 0.1) is 11.8 Å². The van der Waals surface area contributed by atoms with Gasteiger partial charge in [-0.05, 0) is 74.9 Å². The first kappa shape index (κ1) is 18.7. The third-order valence-corrected chi connectivity index (χ3v) is 5.97. The Labute approximate surface area is 159 Å². The lowest BCUT2D eigenvalue weighted by Crippen LogP contribution is -2.46. The van der Waals surface area contributed by atoms with E-state index >= 15 is 0 Å². The molecule has 0 radical (unpaired) electrons. The lowest BCUT2D eigenvalue weighted by atomic mass is 9.94. The van der Waals surface area contributed by atoms with Crippen molar-refractivity contribution in [2.75, 3.05) is 39.3 Å². The summed E-state index contributed by atoms with van der Waals surface area (Å²) in [6, 6.07) is 7.62. The minimum atomic E-state index is 0.111. The quantitative estimate of drug-likeness (QED) is 0.742. The van der Waals surface area contributed by atoms with Crippen molar-refractivity contribution in [3.05, 3.63) is 28.7 Å². The monoisotopic (exact) mass is 408 g/mol. The van der Waals surface area contributed by atoms with Crippen LogP contribution in [0.5, 0.6) is 5.75 Å². The van der Waals surface area contributed by atoms with E-state index in [1.54, 1.807) is 0 Å². The standard InChI is InChI=1S/C20H29BrN2O2/c1-16-8-11-22(12-9-16)13-17-3-2-10-23(14-17)20(24)15-25-19-6-4-18(21)5-7-19/h4-7,16-17H,2-3,8-15H2,1H3. The first-order chi connectivity index (χ1) is 12.1. The van der Waals surface area contributed by atoms with Gasteiger partial charge in [0.05, 0.1) is 0 Å². The highest BCUT2D eigenvalue weighted by Gasteiger charge is 2.26. The van der Waals surface area contributed by atoms with Crippen molar-refractivity contribution >= 4 is 21.8 Å². The number of nitrogens with zero attached hydrogens (tertiary/aromatic N) is 2. The number of rotatable bonds is 5. The molecule has 2 heterocycles. The molecular weight excluding hydrogens is 380 g/mol. The summed E-state index contributed by atoms with van der Waals surface area (Å²) in [6.07, 6.45) is 4.98. The van der Waals surface area contributed by atoms with E-state index in [1.807, 2.05) is 29.2 Å². The number of halogens is 1. The first-order valence-corrected chi connectivity index (χ1v) is 10.3. The summed E-state index contributed by atoms with van der Waals surface area (Å²) in [5.41, 5.74) is 0. The zero-order valence-electron chi connectivity index (χ0n) is 15.1. The highest BCUT2D eigenvalue weighted by atomic mass is 79.9. The van der Waals surface area contributed by atoms with E-state index in [2.05, 4.69) is 27.8 Å². The van der Waals surface area contributed by atoms with Crippen molar-refractivity contribution in [2.45, 2.75) is 32.6 Å². The largest absolute Gasteiger partial charge is 0.484 e. The molecule has 2 fully saturated rings. The minimum Gasteiger partial charge on any atom is -0.484 e. The Bertz CT molecular complexity index is 555. The Morgan fingerprint density at radius 2 is 1.88 bits per heavy atom. The molecule has 5 heteroatoms. The third-order valence-electron chi connectivity index (χ3n) is 5.44. The number of amides is 1. The molecule has 2 aliphatic heterocycles. The summed E-state index contributed by atoms with van der Waals surface area (Å²) >= 11 is 3.40. The molecule has 1 unspecified atom stereocenters. The Morgan fingerprint density at radius 3 is 2.60 bits per heavy atom. The molecule has 1 amide bonds. The molecule has 0 saturated carbocycles. The molecule has 1 aromatic rings. The average Bonchev–Trinajstić information content (AvgIpc) is 2.63. The van der Waals surface area contributed by atoms with Crippen LogP contribution in [0.4, 0.5) is 0 Å². The molecule has 1 aromatic carbocycles. The van der Waals surface area contributed by atoms with E-state index in [0.717, 1.165) is 42.2 Å². The van der Waals surface area contributed by atoms with Gasteiger partial charge in [-0.1, -0.05) is 22.9 Å². The Hall–Kier alpha value is -1.07. The topological polar surface area (TPSA) is 32.8 Å². The van der Waals surface area contributed by atoms with Gasteiger partial charge in [0.25, 0.3) is 5.91 Å². The van der Waals surface area contributed by atoms with Crippen LogP contribution in [0.25, 0.3) is 0 Å². The van der Waals surface area contributed by atoms with Crippen LogP contribution in [-0.2, 0) is 4.79 Å². The van der Waals surface area contributed by atoms with Crippen molar-refractivity contribution in [2.24, 2.45) is 11.8 Å². The average molecular weight is 409 g/mol. The molecule has 0 aliphatic carbocycles. The number of hydrogen-bond donors (Lipinski definition) is 0. The normalized spacial score (nSPS) is 22.8. The summed E-state index contributed by atoms with van der Waals surface area (Å²) in [6.45, 7) is 7.82. The van der Waals surface area contributed by atoms with Crippen LogP contribution in [-0.4, -0.2) is 55.0 Å². The van der Waals surface area contributed by atoms with Crippen LogP contribution in [0.2, 0.25) is 0 Å². The van der Waals surface area contributed by atoms with Gasteiger partial charge in [-0.25, -0.2) is 0 Å². The van der Waals surface area contributed by atoms with E-state index < -0.39 is 0 Å². The van der Waals surface area contributed by atoms with Gasteiger partial charge in [-0.3, -0.25) is 4.79 Å². The molecule has 2 aliphatic rings. The van der Waals surface area contributed by atoms with Crippen LogP contribution in [0.1, 0.15) is 32.6 Å². The van der Waals surface area contributed by atoms with Gasteiger partial charge in [-0.2, -0.15) is 0 Å². The molecule has 0 aromatic heterocycles. The molecule has 0 spiro atoms. The zero-order valence-corrected chi connectivity index (χ0v) is 16.7. The fraction of sp³-hybridized carbons (Fsp3) is 0.650. The molecular formula is C20H29BrN2O2. The van der Waals surface area contributed by atoms with Gasteiger partial charge in [0, 0.05) is 24.1 Å². The molecule has 0 N–H and O–H groups in total. The van der Waals surface area contributed by atoms with Crippen LogP contribution in [0.3, 0.4) is 0 Å². The van der Waals surface area contributed by atoms with E-state index in [-0.39, 0.29) is 12.5 Å². The predicted molar refractivity (Wildman–Crippen MR) is 104 cm³/mol. The molecule has 3 rings (SSSR count). The van der Waals surface area contributed by atoms with E-state index in [4.69, 9.17) is 4.74 Å². The second-order valence-corrected chi connectivity index (χ2v) is 8.49. The number of hydrogen-bond acceptors (Lipinski definition) is 3. The van der Waals surface area contributed by atoms with Crippen molar-refractivity contribution in [1.82, 2.24) is 9.80 Å². The maximum absolute atomic E-state index is 12.5. The summed E-state index contributed by atoms with van der Waals surface area (Å²) in [5, 5.41) is 0. The van der Waals surface area contributed by atoms with E-state index in [1.165, 1.54) is 32.4 Å². The lowest BCUT2D eigenvalue weighted by Gasteiger charge is -2.37. The van der Waals surface area contributed by atoms with Crippen LogP contribution < -0.4 is 4.74 Å². The van der Waals surface area contributed by atoms with Gasteiger partial charge in [0.1, 0.15) is 5.75 Å². The predicted octanol–water partition coefficient (Wildman–Crippen LogP) is 3.80. The van der Waals surface area contributed by atoms with E-state index in [9.17, 15) is 4.79 Å². The van der Waals surface area contributed by atoms with Gasteiger partial charge in [0.2, 0.25) is 0 Å². The summed E-state index contributed by atoms with van der Waals surface area (Å²) in [4.78, 5) is 17.1. The van der Waals surface area contributed by atoms with Gasteiger partial charge in [-0.15, -0.1) is 0 Å². The van der Waals surface area contributed by atoms with E-state index in [0.29, 0.717) is 5.92 Å². The molecule has 25 heavy (non-hydrogen) atoms. The van der Waals surface area contributed by atoms with Crippen LogP contribution >= 0.6 is 15.9 Å². The zero-order chi connectivity index (χ0) is 17.6. The van der Waals surface area contributed by atoms with Crippen molar-refractivity contribution in [3.63, 3.8) is 0 Å². The number of carbonyl (C=O) groups is 1. The summed E-state index contributed by atoms with van der Waals surface area (Å²) < 4.78 is 6.66. The van der Waals surface area contributed by atoms with Gasteiger partial charge < -0.3 is 14.5 Å². The summed E-state index contributed by atoms with van der Waals surface area (Å²) in [5.74, 6) is 2.34. The molecule has 2 saturated heterocycles. The second-order valence-electron chi connectivity index (χ2n) is 7.57. The first-order valence-electron chi connectivity index (χ1n) is 9.48. The van der Waals surface area contributed by atoms with Crippen molar-refractivity contribution in [3.8, 4) is 5.75 Å². The number of piperidine rings is 2. The fourth-order valence-corrected chi connectivity index (χ4v) is 4.08. The molecule has 4 nitrogen and oxygen atoms in total. The number of benzene rings is 1. The highest BCUT2D eigenvalue weighted by Crippen LogP contribution is 2.22. The fourth-order valence-electron chi connectivity index (χ4n) is 3.82. The van der Waals surface area contributed by atoms with Crippen molar-refractivity contribution < 1.29 is 9.53 Å². The smallest absolute Gasteiger partial charge is 0.260 e. The van der Waals surface area contributed by atoms with Gasteiger partial charge in [0.15, 0.2) is 6.61 Å². The summed E-state index contributed by atoms with van der Waals surface area (Å²) in [7, 11) is 0. The Balaban J connectivity index is 1.43. The lowest BCUT2D eigenvalue weighted by molar-refractivity contribution is -0.135. The SMILES string of the molecule is CC1CCN(CC2CCCN(C(=O)COc3ccc(Br)cc3)C2)CC1. The minimum absolute atomic E-state index is 0.111. The van der Waals surface area contributed by atoms with Crippen molar-refractivity contribution in [1.29, 1.82) is 0 Å². The molecule has 0 bridgehead atoms. The van der Waals surface area contributed by atoms with Crippen LogP contribution in [0.15, 0.2) is 28.7 Å². The van der Waals surface area contributed by atoms with Gasteiger partial charge >= 0.3 is 0 Å². The number of ether oxygens (including phenoxy) is 1. The molecule has 1 atom stereocenters. The number of likely N-dealkylation sites (tertiary alicyclic amines) is 2. The Kier molecular flexibility index (Phi) is 6.77. The second kappa shape index (κ2) is 9.04. The molecule has 138 valence electrons. The third kappa shape index (κ3) is 5.71. The maximum Gasteiger partial charge on any atom is 0.260 e.